The van der Waals surface area contributed by atoms with Gasteiger partial charge >= 0.3 is 0 Å². The summed E-state index contributed by atoms with van der Waals surface area (Å²) in [5.74, 6) is -1.88. The van der Waals surface area contributed by atoms with Crippen LogP contribution in [0.2, 0.25) is 0 Å². The van der Waals surface area contributed by atoms with E-state index in [2.05, 4.69) is 5.16 Å². The molecule has 2 unspecified atom stereocenters. The lowest BCUT2D eigenvalue weighted by Gasteiger charge is -2.16. The number of rotatable bonds is 4. The van der Waals surface area contributed by atoms with Crippen molar-refractivity contribution in [1.82, 2.24) is 0 Å². The van der Waals surface area contributed by atoms with Crippen LogP contribution in [0, 0.1) is 11.7 Å². The Balaban J connectivity index is 1.71. The lowest BCUT2D eigenvalue weighted by atomic mass is 9.94. The van der Waals surface area contributed by atoms with Crippen molar-refractivity contribution in [2.75, 3.05) is 19.1 Å². The van der Waals surface area contributed by atoms with Crippen molar-refractivity contribution in [1.29, 1.82) is 0 Å². The standard InChI is InChI=1S/C19H15FN2O5/c1-25-13-8-7-10(9-14(13)26-2)16-15-17(27-21-16)19(24)22(18(15)23)12-6-4-3-5-11(12)20/h3-9,15,17H,1-2H3. The number of benzene rings is 2. The number of hydrogen-bond donors (Lipinski definition) is 0. The summed E-state index contributed by atoms with van der Waals surface area (Å²) in [7, 11) is 3.00. The Hall–Kier alpha value is -3.42. The summed E-state index contributed by atoms with van der Waals surface area (Å²) in [5.41, 5.74) is 0.743. The molecule has 1 fully saturated rings. The van der Waals surface area contributed by atoms with Gasteiger partial charge in [0.1, 0.15) is 17.4 Å². The number of halogens is 1. The molecule has 4 rings (SSSR count). The Morgan fingerprint density at radius 1 is 1.04 bits per heavy atom. The first-order chi connectivity index (χ1) is 13.1. The molecule has 2 aliphatic heterocycles. The number of nitrogens with zero attached hydrogens (tertiary/aromatic N) is 2. The largest absolute Gasteiger partial charge is 0.493 e. The lowest BCUT2D eigenvalue weighted by molar-refractivity contribution is -0.126. The molecule has 8 heteroatoms. The molecule has 2 atom stereocenters. The fraction of sp³-hybridized carbons (Fsp3) is 0.211. The Bertz CT molecular complexity index is 974. The van der Waals surface area contributed by atoms with E-state index in [-0.39, 0.29) is 11.4 Å². The van der Waals surface area contributed by atoms with Gasteiger partial charge in [-0.05, 0) is 30.3 Å². The minimum atomic E-state index is -1.11. The number of oxime groups is 1. The summed E-state index contributed by atoms with van der Waals surface area (Å²) in [5, 5.41) is 3.93. The van der Waals surface area contributed by atoms with Crippen LogP contribution in [0.1, 0.15) is 5.56 Å². The van der Waals surface area contributed by atoms with Crippen LogP contribution in [0.25, 0.3) is 0 Å². The van der Waals surface area contributed by atoms with E-state index in [0.29, 0.717) is 17.1 Å². The maximum absolute atomic E-state index is 14.1. The molecule has 0 aliphatic carbocycles. The topological polar surface area (TPSA) is 77.4 Å². The summed E-state index contributed by atoms with van der Waals surface area (Å²) in [6.45, 7) is 0. The van der Waals surface area contributed by atoms with Crippen molar-refractivity contribution in [3.8, 4) is 11.5 Å². The number of anilines is 1. The molecular weight excluding hydrogens is 355 g/mol. The molecule has 2 aromatic carbocycles. The average molecular weight is 370 g/mol. The third kappa shape index (κ3) is 2.52. The number of para-hydroxylation sites is 1. The molecule has 0 saturated carbocycles. The molecule has 1 saturated heterocycles. The van der Waals surface area contributed by atoms with Crippen molar-refractivity contribution in [2.24, 2.45) is 11.1 Å². The maximum atomic E-state index is 14.1. The number of amides is 2. The molecule has 0 bridgehead atoms. The van der Waals surface area contributed by atoms with Crippen molar-refractivity contribution in [2.45, 2.75) is 6.10 Å². The van der Waals surface area contributed by atoms with Gasteiger partial charge in [-0.25, -0.2) is 9.29 Å². The highest BCUT2D eigenvalue weighted by molar-refractivity contribution is 6.32. The van der Waals surface area contributed by atoms with Crippen LogP contribution >= 0.6 is 0 Å². The van der Waals surface area contributed by atoms with E-state index >= 15 is 0 Å². The van der Waals surface area contributed by atoms with Crippen molar-refractivity contribution in [3.63, 3.8) is 0 Å². The van der Waals surface area contributed by atoms with Gasteiger partial charge < -0.3 is 14.3 Å². The minimum absolute atomic E-state index is 0.0999. The summed E-state index contributed by atoms with van der Waals surface area (Å²) >= 11 is 0. The van der Waals surface area contributed by atoms with Gasteiger partial charge in [0.25, 0.3) is 5.91 Å². The molecule has 0 aromatic heterocycles. The summed E-state index contributed by atoms with van der Waals surface area (Å²) in [4.78, 5) is 31.6. The van der Waals surface area contributed by atoms with Gasteiger partial charge in [0.2, 0.25) is 12.0 Å². The van der Waals surface area contributed by atoms with Gasteiger partial charge in [-0.2, -0.15) is 0 Å². The van der Waals surface area contributed by atoms with Crippen LogP contribution in [-0.2, 0) is 14.4 Å². The lowest BCUT2D eigenvalue weighted by Crippen LogP contribution is -2.33. The number of hydrogen-bond acceptors (Lipinski definition) is 6. The number of fused-ring (bicyclic) bond motifs is 1. The Morgan fingerprint density at radius 2 is 1.78 bits per heavy atom. The second-order valence-corrected chi connectivity index (χ2v) is 6.01. The fourth-order valence-corrected chi connectivity index (χ4v) is 3.28. The smallest absolute Gasteiger partial charge is 0.279 e. The van der Waals surface area contributed by atoms with Crippen LogP contribution in [-0.4, -0.2) is 37.8 Å². The molecule has 0 spiro atoms. The average Bonchev–Trinajstić information content (AvgIpc) is 3.22. The first kappa shape index (κ1) is 17.0. The highest BCUT2D eigenvalue weighted by Crippen LogP contribution is 2.37. The number of methoxy groups -OCH3 is 2. The third-order valence-electron chi connectivity index (χ3n) is 4.58. The Labute approximate surface area is 153 Å². The Morgan fingerprint density at radius 3 is 2.48 bits per heavy atom. The predicted molar refractivity (Wildman–Crippen MR) is 93.3 cm³/mol. The molecule has 2 amide bonds. The van der Waals surface area contributed by atoms with E-state index in [1.54, 1.807) is 24.3 Å². The van der Waals surface area contributed by atoms with Gasteiger partial charge in [-0.15, -0.1) is 0 Å². The second kappa shape index (κ2) is 6.39. The monoisotopic (exact) mass is 370 g/mol. The van der Waals surface area contributed by atoms with Gasteiger partial charge in [0, 0.05) is 5.56 Å². The van der Waals surface area contributed by atoms with Crippen molar-refractivity contribution < 1.29 is 28.3 Å². The molecule has 7 nitrogen and oxygen atoms in total. The maximum Gasteiger partial charge on any atom is 0.279 e. The highest BCUT2D eigenvalue weighted by Gasteiger charge is 2.56. The first-order valence-corrected chi connectivity index (χ1v) is 8.15. The van der Waals surface area contributed by atoms with Gasteiger partial charge in [0.15, 0.2) is 11.5 Å². The van der Waals surface area contributed by atoms with Gasteiger partial charge in [-0.1, -0.05) is 17.3 Å². The molecule has 2 heterocycles. The summed E-state index contributed by atoms with van der Waals surface area (Å²) in [6.07, 6.45) is -1.11. The predicted octanol–water partition coefficient (Wildman–Crippen LogP) is 2.14. The third-order valence-corrected chi connectivity index (χ3v) is 4.58. The summed E-state index contributed by atoms with van der Waals surface area (Å²) < 4.78 is 24.6. The zero-order chi connectivity index (χ0) is 19.1. The number of imide groups is 1. The van der Waals surface area contributed by atoms with Crippen LogP contribution < -0.4 is 14.4 Å². The van der Waals surface area contributed by atoms with Crippen molar-refractivity contribution in [3.05, 3.63) is 53.8 Å². The fourth-order valence-electron chi connectivity index (χ4n) is 3.28. The van der Waals surface area contributed by atoms with Crippen LogP contribution in [0.5, 0.6) is 11.5 Å². The van der Waals surface area contributed by atoms with E-state index in [1.807, 2.05) is 0 Å². The molecule has 0 N–H and O–H groups in total. The van der Waals surface area contributed by atoms with Crippen LogP contribution in [0.3, 0.4) is 0 Å². The first-order valence-electron chi connectivity index (χ1n) is 8.15. The highest BCUT2D eigenvalue weighted by atomic mass is 19.1. The van der Waals surface area contributed by atoms with Gasteiger partial charge in [-0.3, -0.25) is 9.59 Å². The quantitative estimate of drug-likeness (QED) is 0.771. The van der Waals surface area contributed by atoms with E-state index in [0.717, 1.165) is 4.90 Å². The van der Waals surface area contributed by atoms with E-state index in [1.165, 1.54) is 32.4 Å². The number of ether oxygens (including phenoxy) is 2. The molecule has 27 heavy (non-hydrogen) atoms. The summed E-state index contributed by atoms with van der Waals surface area (Å²) in [6, 6.07) is 10.6. The van der Waals surface area contributed by atoms with E-state index < -0.39 is 29.7 Å². The van der Waals surface area contributed by atoms with Gasteiger partial charge in [0.05, 0.1) is 19.9 Å². The van der Waals surface area contributed by atoms with E-state index in [9.17, 15) is 14.0 Å². The normalized spacial score (nSPS) is 21.0. The number of carbonyl (C=O) groups is 2. The van der Waals surface area contributed by atoms with Crippen LogP contribution in [0.15, 0.2) is 47.6 Å². The molecule has 0 radical (unpaired) electrons. The molecule has 2 aliphatic rings. The zero-order valence-corrected chi connectivity index (χ0v) is 14.5. The second-order valence-electron chi connectivity index (χ2n) is 6.01. The number of carbonyl (C=O) groups excluding carboxylic acids is 2. The molecule has 138 valence electrons. The van der Waals surface area contributed by atoms with Crippen molar-refractivity contribution >= 4 is 23.2 Å². The minimum Gasteiger partial charge on any atom is -0.493 e. The molecule has 2 aromatic rings. The van der Waals surface area contributed by atoms with E-state index in [4.69, 9.17) is 14.3 Å². The Kier molecular flexibility index (Phi) is 4.02. The SMILES string of the molecule is COc1ccc(C2=NOC3C(=O)N(c4ccccc4F)C(=O)C23)cc1OC. The zero-order valence-electron chi connectivity index (χ0n) is 14.5. The van der Waals surface area contributed by atoms with Crippen LogP contribution in [0.4, 0.5) is 10.1 Å². The molecular formula is C19H15FN2O5.